The third-order valence-electron chi connectivity index (χ3n) is 25.4. The average molecular weight is 1850 g/mol. The first-order chi connectivity index (χ1) is 71.3. The molecule has 0 aliphatic heterocycles. The van der Waals surface area contributed by atoms with Crippen LogP contribution in [0.1, 0.15) is 0 Å². The van der Waals surface area contributed by atoms with Gasteiger partial charge in [-0.3, -0.25) is 49.8 Å². The number of nitrogens with zero attached hydrogens (tertiary/aromatic N) is 13. The third kappa shape index (κ3) is 21.1. The zero-order chi connectivity index (χ0) is 96.4. The summed E-state index contributed by atoms with van der Waals surface area (Å²) >= 11 is 0. The van der Waals surface area contributed by atoms with E-state index in [1.807, 2.05) is 257 Å². The van der Waals surface area contributed by atoms with Gasteiger partial charge in [0, 0.05) is 154 Å². The highest BCUT2D eigenvalue weighted by atomic mass is 14.7. The van der Waals surface area contributed by atoms with E-state index in [1.54, 1.807) is 0 Å². The van der Waals surface area contributed by atoms with Crippen molar-refractivity contribution in [3.8, 4) is 235 Å². The first-order valence-corrected chi connectivity index (χ1v) is 47.7. The molecule has 0 fully saturated rings. The van der Waals surface area contributed by atoms with Crippen LogP contribution in [0.4, 0.5) is 0 Å². The molecule has 0 spiro atoms. The number of aromatic nitrogens is 13. The molecule has 13 aromatic heterocycles. The first kappa shape index (κ1) is 89.6. The second-order valence-corrected chi connectivity index (χ2v) is 34.7. The van der Waals surface area contributed by atoms with Crippen LogP contribution in [0.15, 0.2) is 542 Å². The summed E-state index contributed by atoms with van der Waals surface area (Å²) in [6.45, 7) is 0. The van der Waals surface area contributed by atoms with Gasteiger partial charge in [0.25, 0.3) is 0 Å². The summed E-state index contributed by atoms with van der Waals surface area (Å²) in [5, 5.41) is 0. The molecule has 0 saturated carbocycles. The van der Waals surface area contributed by atoms with Crippen LogP contribution in [0.2, 0.25) is 0 Å². The molecule has 0 unspecified atom stereocenters. The van der Waals surface area contributed by atoms with Crippen molar-refractivity contribution in [2.75, 3.05) is 0 Å². The van der Waals surface area contributed by atoms with Gasteiger partial charge in [0.1, 0.15) is 0 Å². The van der Waals surface area contributed by atoms with E-state index in [9.17, 15) is 0 Å². The third-order valence-corrected chi connectivity index (χ3v) is 25.4. The lowest BCUT2D eigenvalue weighted by atomic mass is 9.92. The zero-order valence-electron chi connectivity index (χ0n) is 78.2. The molecule has 0 N–H and O–H groups in total. The Labute approximate surface area is 836 Å². The molecule has 0 atom stereocenters. The van der Waals surface area contributed by atoms with Crippen molar-refractivity contribution < 1.29 is 0 Å². The monoisotopic (exact) mass is 1840 g/mol. The minimum atomic E-state index is 0.881. The van der Waals surface area contributed by atoms with Crippen molar-refractivity contribution in [1.82, 2.24) is 64.8 Å². The van der Waals surface area contributed by atoms with Crippen molar-refractivity contribution in [3.63, 3.8) is 0 Å². The number of hydrogen-bond acceptors (Lipinski definition) is 13. The summed E-state index contributed by atoms with van der Waals surface area (Å²) in [5.41, 5.74) is 43.5. The Balaban J connectivity index is 0.000000123. The lowest BCUT2D eigenvalue weighted by molar-refractivity contribution is 1.30. The van der Waals surface area contributed by atoms with Gasteiger partial charge in [-0.05, 0) is 312 Å². The molecule has 0 radical (unpaired) electrons. The van der Waals surface area contributed by atoms with Crippen molar-refractivity contribution in [1.29, 1.82) is 0 Å². The van der Waals surface area contributed by atoms with Crippen LogP contribution in [0.5, 0.6) is 0 Å². The normalized spacial score (nSPS) is 10.9. The van der Waals surface area contributed by atoms with Gasteiger partial charge >= 0.3 is 0 Å². The van der Waals surface area contributed by atoms with E-state index in [0.29, 0.717) is 0 Å². The van der Waals surface area contributed by atoms with E-state index < -0.39 is 0 Å². The van der Waals surface area contributed by atoms with Crippen LogP contribution >= 0.6 is 0 Å². The Hall–Kier alpha value is -19.6. The standard InChI is InChI=1S/C45H31N3.2C43H29N5/c1-3-11-32(12-4-1)34-17-21-36(22-18-34)44-30-39(31-45(48-44)37-23-19-35(20-24-37)33-13-5-2-6-14-33)38-27-40(42-15-7-9-25-46-42)29-41(28-38)43-16-8-10-26-47-43;1-5-36(6-2-30(1)32-9-17-44-18-10-32)42-28-41(29-43(48-42)37-7-3-31(4-8-37)33-11-19-45-20-12-33)40-26-38(34-13-21-46-22-14-34)25-39(27-40)35-15-23-47-24-16-35;1-5-21-44-38(9-1)30-13-17-32(18-14-30)42-28-35(29-43(48-42)33-19-15-31(16-20-33)39-10-2-6-22-45-39)34-25-36(40-11-3-7-23-46-40)27-37(26-34)41-12-4-8-24-47-41/h1-31H;2*1-29H. The molecule has 24 aromatic rings. The predicted molar refractivity (Wildman–Crippen MR) is 585 cm³/mol. The summed E-state index contributed by atoms with van der Waals surface area (Å²) in [6, 6.07) is 158. The summed E-state index contributed by atoms with van der Waals surface area (Å²) in [4.78, 5) is 60.3. The number of rotatable bonds is 21. The molecule has 24 rings (SSSR count). The Morgan fingerprint density at radius 1 is 0.0833 bits per heavy atom. The van der Waals surface area contributed by atoms with Gasteiger partial charge in [-0.15, -0.1) is 0 Å². The second kappa shape index (κ2) is 42.5. The first-order valence-electron chi connectivity index (χ1n) is 47.7. The average Bonchev–Trinajstić information content (AvgIpc) is 0.785. The van der Waals surface area contributed by atoms with E-state index >= 15 is 0 Å². The zero-order valence-corrected chi connectivity index (χ0v) is 78.2. The molecular formula is C131H89N13. The molecule has 0 bridgehead atoms. The molecule has 0 aliphatic rings. The predicted octanol–water partition coefficient (Wildman–Crippen LogP) is 32.2. The van der Waals surface area contributed by atoms with Crippen molar-refractivity contribution in [2.45, 2.75) is 0 Å². The Kier molecular flexibility index (Phi) is 26.5. The van der Waals surface area contributed by atoms with E-state index in [-0.39, 0.29) is 0 Å². The Morgan fingerprint density at radius 3 is 0.424 bits per heavy atom. The molecule has 13 heterocycles. The van der Waals surface area contributed by atoms with Crippen LogP contribution in [-0.2, 0) is 0 Å². The fraction of sp³-hybridized carbons (Fsp3) is 0. The molecule has 0 amide bonds. The summed E-state index contributed by atoms with van der Waals surface area (Å²) in [5.74, 6) is 0. The van der Waals surface area contributed by atoms with E-state index in [0.717, 1.165) is 213 Å². The molecule has 144 heavy (non-hydrogen) atoms. The van der Waals surface area contributed by atoms with Crippen molar-refractivity contribution >= 4 is 0 Å². The van der Waals surface area contributed by atoms with Gasteiger partial charge in [-0.2, -0.15) is 0 Å². The summed E-state index contributed by atoms with van der Waals surface area (Å²) in [7, 11) is 0. The van der Waals surface area contributed by atoms with E-state index in [2.05, 4.69) is 335 Å². The maximum Gasteiger partial charge on any atom is 0.0715 e. The second-order valence-electron chi connectivity index (χ2n) is 34.7. The SMILES string of the molecule is c1cc(-c2ccc(-c3cc(-c4cc(-c5ccncc5)cc(-c5ccncc5)c4)cc(-c4ccc(-c5ccncc5)cc4)n3)cc2)ccn1.c1ccc(-c2ccc(-c3cc(-c4cc(-c5ccccn5)cc(-c5ccccn5)c4)cc(-c4ccc(-c5ccccc5)cc4)n3)cc2)cc1.c1ccc(-c2ccc(-c3cc(-c4cc(-c5ccccn5)cc(-c5ccccn5)c4)cc(-c4ccc(-c5ccccn5)cc4)n3)cc2)nc1. The number of hydrogen-bond donors (Lipinski definition) is 0. The summed E-state index contributed by atoms with van der Waals surface area (Å²) in [6.07, 6.45) is 25.6. The minimum absolute atomic E-state index is 0.881. The van der Waals surface area contributed by atoms with E-state index in [1.165, 1.54) is 22.3 Å². The van der Waals surface area contributed by atoms with Crippen LogP contribution in [-0.4, -0.2) is 64.8 Å². The quantitative estimate of drug-likeness (QED) is 0.0667. The highest BCUT2D eigenvalue weighted by Gasteiger charge is 2.20. The van der Waals surface area contributed by atoms with Gasteiger partial charge in [-0.1, -0.05) is 243 Å². The highest BCUT2D eigenvalue weighted by Crippen LogP contribution is 2.43. The molecule has 13 nitrogen and oxygen atoms in total. The lowest BCUT2D eigenvalue weighted by Crippen LogP contribution is -1.93. The molecule has 11 aromatic carbocycles. The van der Waals surface area contributed by atoms with Crippen LogP contribution in [0, 0.1) is 0 Å². The largest absolute Gasteiger partial charge is 0.265 e. The van der Waals surface area contributed by atoms with Crippen LogP contribution < -0.4 is 0 Å². The van der Waals surface area contributed by atoms with Crippen LogP contribution in [0.25, 0.3) is 235 Å². The number of benzene rings is 11. The lowest BCUT2D eigenvalue weighted by Gasteiger charge is -2.14. The fourth-order valence-corrected chi connectivity index (χ4v) is 17.9. The van der Waals surface area contributed by atoms with Crippen LogP contribution in [0.3, 0.4) is 0 Å². The molecule has 13 heteroatoms. The molecular weight excluding hydrogens is 1760 g/mol. The minimum Gasteiger partial charge on any atom is -0.265 e. The van der Waals surface area contributed by atoms with Gasteiger partial charge in [-0.25, -0.2) is 15.0 Å². The van der Waals surface area contributed by atoms with Gasteiger partial charge in [0.05, 0.1) is 68.3 Å². The fourth-order valence-electron chi connectivity index (χ4n) is 17.9. The van der Waals surface area contributed by atoms with Gasteiger partial charge in [0.2, 0.25) is 0 Å². The maximum atomic E-state index is 5.24. The highest BCUT2D eigenvalue weighted by molar-refractivity contribution is 5.90. The van der Waals surface area contributed by atoms with Crippen molar-refractivity contribution in [3.05, 3.63) is 542 Å². The van der Waals surface area contributed by atoms with Gasteiger partial charge in [0.15, 0.2) is 0 Å². The Morgan fingerprint density at radius 2 is 0.222 bits per heavy atom. The summed E-state index contributed by atoms with van der Waals surface area (Å²) < 4.78 is 0. The molecule has 0 aliphatic carbocycles. The topological polar surface area (TPSA) is 168 Å². The van der Waals surface area contributed by atoms with E-state index in [4.69, 9.17) is 15.0 Å². The number of pyridine rings is 13. The molecule has 678 valence electrons. The maximum absolute atomic E-state index is 5.24. The molecule has 0 saturated heterocycles. The van der Waals surface area contributed by atoms with Crippen molar-refractivity contribution in [2.24, 2.45) is 0 Å². The van der Waals surface area contributed by atoms with Gasteiger partial charge < -0.3 is 0 Å². The smallest absolute Gasteiger partial charge is 0.0715 e. The Bertz CT molecular complexity index is 7190.